The molecule has 0 unspecified atom stereocenters. The molecular weight excluding hydrogens is 394 g/mol. The van der Waals surface area contributed by atoms with Crippen molar-refractivity contribution in [2.45, 2.75) is 26.8 Å². The molecule has 156 valence electrons. The fraction of sp³-hybridized carbons (Fsp3) is 0.526. The predicted octanol–water partition coefficient (Wildman–Crippen LogP) is 2.02. The number of nitrogens with zero attached hydrogens (tertiary/aromatic N) is 6. The van der Waals surface area contributed by atoms with Crippen LogP contribution in [0.4, 0.5) is 11.6 Å². The number of nitrogens with one attached hydrogen (secondary N) is 1. The van der Waals surface area contributed by atoms with Gasteiger partial charge in [-0.15, -0.1) is 0 Å². The first-order valence-corrected chi connectivity index (χ1v) is 10.2. The summed E-state index contributed by atoms with van der Waals surface area (Å²) in [6.45, 7) is 7.74. The summed E-state index contributed by atoms with van der Waals surface area (Å²) in [7, 11) is 1.77. The number of carbonyl (C=O) groups is 1. The molecule has 1 fully saturated rings. The fourth-order valence-corrected chi connectivity index (χ4v) is 3.52. The summed E-state index contributed by atoms with van der Waals surface area (Å²) >= 11 is 5.97. The Balaban J connectivity index is 0.00000117. The third-order valence-electron chi connectivity index (χ3n) is 4.73. The van der Waals surface area contributed by atoms with Gasteiger partial charge in [0.05, 0.1) is 37.8 Å². The first-order chi connectivity index (χ1) is 14.2. The van der Waals surface area contributed by atoms with Gasteiger partial charge >= 0.3 is 0 Å². The van der Waals surface area contributed by atoms with E-state index in [1.54, 1.807) is 18.1 Å². The van der Waals surface area contributed by atoms with Gasteiger partial charge in [-0.3, -0.25) is 9.78 Å². The molecule has 9 nitrogen and oxygen atoms in total. The number of anilines is 2. The van der Waals surface area contributed by atoms with E-state index in [-0.39, 0.29) is 11.2 Å². The number of hydrogen-bond acceptors (Lipinski definition) is 8. The van der Waals surface area contributed by atoms with Crippen LogP contribution in [0.2, 0.25) is 5.28 Å². The van der Waals surface area contributed by atoms with Gasteiger partial charge in [0.25, 0.3) is 5.91 Å². The number of ether oxygens (including phenoxy) is 1. The Morgan fingerprint density at radius 3 is 2.62 bits per heavy atom. The van der Waals surface area contributed by atoms with Crippen LogP contribution in [-0.2, 0) is 17.7 Å². The molecule has 1 saturated heterocycles. The smallest absolute Gasteiger partial charge is 0.274 e. The molecule has 0 saturated carbocycles. The summed E-state index contributed by atoms with van der Waals surface area (Å²) < 4.78 is 5.37. The minimum absolute atomic E-state index is 0.153. The van der Waals surface area contributed by atoms with Crippen molar-refractivity contribution in [3.05, 3.63) is 34.6 Å². The monoisotopic (exact) mass is 419 g/mol. The van der Waals surface area contributed by atoms with Crippen molar-refractivity contribution in [2.24, 2.45) is 0 Å². The van der Waals surface area contributed by atoms with Crippen LogP contribution >= 0.6 is 11.6 Å². The van der Waals surface area contributed by atoms with E-state index in [9.17, 15) is 4.79 Å². The molecule has 29 heavy (non-hydrogen) atoms. The van der Waals surface area contributed by atoms with Crippen LogP contribution < -0.4 is 10.2 Å². The van der Waals surface area contributed by atoms with Crippen LogP contribution in [0, 0.1) is 0 Å². The lowest BCUT2D eigenvalue weighted by Crippen LogP contribution is -2.39. The topological polar surface area (TPSA) is 96.4 Å². The number of halogens is 1. The molecule has 0 radical (unpaired) electrons. The summed E-state index contributed by atoms with van der Waals surface area (Å²) in [4.78, 5) is 34.1. The molecular formula is C19H26ClN7O2. The second-order valence-corrected chi connectivity index (χ2v) is 6.69. The van der Waals surface area contributed by atoms with Gasteiger partial charge < -0.3 is 19.9 Å². The molecule has 1 amide bonds. The van der Waals surface area contributed by atoms with Crippen molar-refractivity contribution in [3.63, 3.8) is 0 Å². The van der Waals surface area contributed by atoms with Crippen molar-refractivity contribution in [1.29, 1.82) is 0 Å². The molecule has 2 aliphatic rings. The van der Waals surface area contributed by atoms with Gasteiger partial charge in [0.15, 0.2) is 0 Å². The lowest BCUT2D eigenvalue weighted by atomic mass is 10.1. The average Bonchev–Trinajstić information content (AvgIpc) is 2.79. The highest BCUT2D eigenvalue weighted by atomic mass is 35.5. The van der Waals surface area contributed by atoms with Crippen molar-refractivity contribution >= 4 is 29.1 Å². The maximum Gasteiger partial charge on any atom is 0.274 e. The Bertz CT molecular complexity index is 841. The molecule has 4 heterocycles. The highest BCUT2D eigenvalue weighted by Crippen LogP contribution is 2.26. The fourth-order valence-electron chi connectivity index (χ4n) is 3.33. The lowest BCUT2D eigenvalue weighted by molar-refractivity contribution is 0.0727. The molecule has 0 aromatic carbocycles. The molecule has 2 aliphatic heterocycles. The van der Waals surface area contributed by atoms with Crippen molar-refractivity contribution < 1.29 is 9.53 Å². The van der Waals surface area contributed by atoms with E-state index in [1.807, 2.05) is 13.8 Å². The van der Waals surface area contributed by atoms with Crippen LogP contribution in [0.5, 0.6) is 0 Å². The molecule has 2 aromatic heterocycles. The van der Waals surface area contributed by atoms with E-state index >= 15 is 0 Å². The van der Waals surface area contributed by atoms with Gasteiger partial charge in [0.2, 0.25) is 5.28 Å². The van der Waals surface area contributed by atoms with Crippen LogP contribution in [0.1, 0.15) is 35.6 Å². The second kappa shape index (κ2) is 9.80. The minimum atomic E-state index is -0.153. The number of amides is 1. The number of fused-ring (bicyclic) bond motifs is 1. The van der Waals surface area contributed by atoms with E-state index in [0.29, 0.717) is 50.1 Å². The van der Waals surface area contributed by atoms with Crippen molar-refractivity contribution in [1.82, 2.24) is 24.8 Å². The Labute approximate surface area is 175 Å². The summed E-state index contributed by atoms with van der Waals surface area (Å²) in [5.74, 6) is 1.20. The molecule has 0 atom stereocenters. The third-order valence-corrected chi connectivity index (χ3v) is 4.90. The maximum absolute atomic E-state index is 13.0. The molecule has 0 spiro atoms. The summed E-state index contributed by atoms with van der Waals surface area (Å²) in [5.41, 5.74) is 2.10. The largest absolute Gasteiger partial charge is 0.378 e. The Morgan fingerprint density at radius 1 is 1.14 bits per heavy atom. The van der Waals surface area contributed by atoms with Crippen LogP contribution in [-0.4, -0.2) is 70.6 Å². The van der Waals surface area contributed by atoms with Crippen molar-refractivity contribution in [3.8, 4) is 0 Å². The Morgan fingerprint density at radius 2 is 1.90 bits per heavy atom. The van der Waals surface area contributed by atoms with E-state index < -0.39 is 0 Å². The molecule has 4 rings (SSSR count). The molecule has 0 bridgehead atoms. The van der Waals surface area contributed by atoms with E-state index in [2.05, 4.69) is 30.2 Å². The Kier molecular flexibility index (Phi) is 7.16. The number of carbonyl (C=O) groups excluding carboxylic acids is 1. The van der Waals surface area contributed by atoms with Gasteiger partial charge in [0.1, 0.15) is 17.3 Å². The second-order valence-electron chi connectivity index (χ2n) is 6.36. The van der Waals surface area contributed by atoms with Gasteiger partial charge in [-0.05, 0) is 11.6 Å². The lowest BCUT2D eigenvalue weighted by Gasteiger charge is -2.30. The number of aromatic nitrogens is 4. The zero-order valence-corrected chi connectivity index (χ0v) is 17.7. The van der Waals surface area contributed by atoms with Gasteiger partial charge in [-0.2, -0.15) is 0 Å². The van der Waals surface area contributed by atoms with Gasteiger partial charge in [-0.25, -0.2) is 15.0 Å². The minimum Gasteiger partial charge on any atom is -0.378 e. The van der Waals surface area contributed by atoms with Gasteiger partial charge in [-0.1, -0.05) is 13.8 Å². The molecule has 10 heteroatoms. The average molecular weight is 420 g/mol. The van der Waals surface area contributed by atoms with E-state index in [4.69, 9.17) is 16.3 Å². The van der Waals surface area contributed by atoms with Crippen molar-refractivity contribution in [2.75, 3.05) is 50.1 Å². The quantitative estimate of drug-likeness (QED) is 0.755. The van der Waals surface area contributed by atoms with Gasteiger partial charge in [0, 0.05) is 38.7 Å². The zero-order valence-electron chi connectivity index (χ0n) is 17.0. The molecule has 2 aromatic rings. The van der Waals surface area contributed by atoms with Crippen LogP contribution in [0.15, 0.2) is 12.4 Å². The highest BCUT2D eigenvalue weighted by molar-refractivity contribution is 6.28. The van der Waals surface area contributed by atoms with E-state index in [1.165, 1.54) is 6.20 Å². The van der Waals surface area contributed by atoms with E-state index in [0.717, 1.165) is 24.3 Å². The highest BCUT2D eigenvalue weighted by Gasteiger charge is 2.27. The third kappa shape index (κ3) is 4.73. The summed E-state index contributed by atoms with van der Waals surface area (Å²) in [5, 5.41) is 3.24. The summed E-state index contributed by atoms with van der Waals surface area (Å²) in [6.07, 6.45) is 3.82. The number of rotatable bonds is 3. The van der Waals surface area contributed by atoms with Crippen LogP contribution in [0.3, 0.4) is 0 Å². The maximum atomic E-state index is 13.0. The first kappa shape index (κ1) is 21.2. The number of morpholine rings is 1. The molecule has 1 N–H and O–H groups in total. The summed E-state index contributed by atoms with van der Waals surface area (Å²) in [6, 6.07) is 0. The zero-order chi connectivity index (χ0) is 20.8. The normalized spacial score (nSPS) is 15.9. The first-order valence-electron chi connectivity index (χ1n) is 9.83. The number of hydrogen-bond donors (Lipinski definition) is 1. The molecule has 0 aliphatic carbocycles. The standard InChI is InChI=1S/C17H20ClN7O2.C2H6/c1-19-15-11-10-25(3-2-12(11)22-17(18)23-15)16(26)13-8-20-9-14(21-13)24-4-6-27-7-5-24;1-2/h8-9H,2-7,10H2,1H3,(H,19,22,23);1-2H3. The Hall–Kier alpha value is -2.52. The SMILES string of the molecule is CC.CNc1nc(Cl)nc2c1CN(C(=O)c1cncc(N3CCOCC3)n1)CC2. The predicted molar refractivity (Wildman–Crippen MR) is 111 cm³/mol. The van der Waals surface area contributed by atoms with Crippen LogP contribution in [0.25, 0.3) is 0 Å².